The molecule has 1 aliphatic rings. The Morgan fingerprint density at radius 1 is 0.457 bits per heavy atom. The Bertz CT molecular complexity index is 2360. The van der Waals surface area contributed by atoms with Crippen molar-refractivity contribution < 1.29 is 0 Å². The van der Waals surface area contributed by atoms with Crippen molar-refractivity contribution in [3.05, 3.63) is 169 Å². The number of aromatic nitrogens is 2. The van der Waals surface area contributed by atoms with Gasteiger partial charge in [-0.3, -0.25) is 4.98 Å². The maximum absolute atomic E-state index is 4.51. The van der Waals surface area contributed by atoms with E-state index in [4.69, 9.17) is 0 Å². The van der Waals surface area contributed by atoms with Crippen molar-refractivity contribution in [2.45, 2.75) is 19.3 Å². The van der Waals surface area contributed by atoms with Crippen LogP contribution in [-0.4, -0.2) is 9.55 Å². The van der Waals surface area contributed by atoms with Gasteiger partial charge in [-0.25, -0.2) is 0 Å². The molecule has 2 heterocycles. The molecule has 2 aromatic heterocycles. The maximum Gasteiger partial charge on any atom is 0.0701 e. The Labute approximate surface area is 269 Å². The van der Waals surface area contributed by atoms with Crippen molar-refractivity contribution in [2.24, 2.45) is 0 Å². The number of fused-ring (bicyclic) bond motifs is 6. The van der Waals surface area contributed by atoms with E-state index < -0.39 is 0 Å². The molecule has 8 aromatic rings. The van der Waals surface area contributed by atoms with Gasteiger partial charge in [0.1, 0.15) is 0 Å². The van der Waals surface area contributed by atoms with Crippen molar-refractivity contribution in [3.63, 3.8) is 0 Å². The summed E-state index contributed by atoms with van der Waals surface area (Å²) < 4.78 is 2.38. The molecule has 0 unspecified atom stereocenters. The molecule has 0 N–H and O–H groups in total. The molecule has 2 nitrogen and oxygen atoms in total. The molecule has 218 valence electrons. The van der Waals surface area contributed by atoms with Gasteiger partial charge in [0.15, 0.2) is 0 Å². The average Bonchev–Trinajstić information content (AvgIpc) is 3.57. The molecule has 1 aliphatic carbocycles. The van der Waals surface area contributed by atoms with E-state index >= 15 is 0 Å². The van der Waals surface area contributed by atoms with Crippen LogP contribution >= 0.6 is 0 Å². The molecule has 0 bridgehead atoms. The molecular weight excluding hydrogens is 556 g/mol. The standard InChI is InChI=1S/C44H32N2/c1-44(2)39-27-32(29-14-16-31(17-15-29)41-11-7-8-26-45-41)20-24-35(39)36-25-21-33(28-40(36)44)30-18-22-34(23-19-30)46-42-12-5-3-9-37(42)38-10-4-6-13-43(38)46/h3-28H,1-2H3. The van der Waals surface area contributed by atoms with Crippen LogP contribution < -0.4 is 0 Å². The van der Waals surface area contributed by atoms with Crippen LogP contribution in [0.3, 0.4) is 0 Å². The lowest BCUT2D eigenvalue weighted by molar-refractivity contribution is 0.661. The number of nitrogens with zero attached hydrogens (tertiary/aromatic N) is 2. The highest BCUT2D eigenvalue weighted by Gasteiger charge is 2.35. The molecule has 0 saturated heterocycles. The van der Waals surface area contributed by atoms with Gasteiger partial charge >= 0.3 is 0 Å². The van der Waals surface area contributed by atoms with Crippen molar-refractivity contribution in [1.82, 2.24) is 9.55 Å². The first-order valence-electron chi connectivity index (χ1n) is 16.0. The predicted molar refractivity (Wildman–Crippen MR) is 192 cm³/mol. The summed E-state index contributed by atoms with van der Waals surface area (Å²) in [5, 5.41) is 2.57. The third-order valence-electron chi connectivity index (χ3n) is 9.89. The predicted octanol–water partition coefficient (Wildman–Crippen LogP) is 11.5. The third-order valence-corrected chi connectivity index (χ3v) is 9.89. The van der Waals surface area contributed by atoms with Crippen LogP contribution in [0.5, 0.6) is 0 Å². The number of para-hydroxylation sites is 2. The van der Waals surface area contributed by atoms with E-state index in [1.807, 2.05) is 18.3 Å². The Morgan fingerprint density at radius 2 is 0.935 bits per heavy atom. The van der Waals surface area contributed by atoms with Gasteiger partial charge in [0.05, 0.1) is 16.7 Å². The monoisotopic (exact) mass is 588 g/mol. The summed E-state index contributed by atoms with van der Waals surface area (Å²) in [6.45, 7) is 4.72. The highest BCUT2D eigenvalue weighted by molar-refractivity contribution is 6.09. The molecule has 0 atom stereocenters. The highest BCUT2D eigenvalue weighted by Crippen LogP contribution is 2.50. The molecule has 2 heteroatoms. The number of rotatable bonds is 4. The van der Waals surface area contributed by atoms with E-state index in [-0.39, 0.29) is 5.41 Å². The summed E-state index contributed by atoms with van der Waals surface area (Å²) in [4.78, 5) is 4.51. The van der Waals surface area contributed by atoms with E-state index in [0.29, 0.717) is 0 Å². The van der Waals surface area contributed by atoms with E-state index in [2.05, 4.69) is 163 Å². The smallest absolute Gasteiger partial charge is 0.0701 e. The molecular formula is C44H32N2. The average molecular weight is 589 g/mol. The Morgan fingerprint density at radius 3 is 1.48 bits per heavy atom. The van der Waals surface area contributed by atoms with E-state index in [1.165, 1.54) is 72.0 Å². The van der Waals surface area contributed by atoms with Crippen LogP contribution in [0.25, 0.3) is 72.1 Å². The summed E-state index contributed by atoms with van der Waals surface area (Å²) >= 11 is 0. The van der Waals surface area contributed by atoms with Gasteiger partial charge in [-0.2, -0.15) is 0 Å². The van der Waals surface area contributed by atoms with Crippen LogP contribution in [0.1, 0.15) is 25.0 Å². The van der Waals surface area contributed by atoms with Gasteiger partial charge in [0.25, 0.3) is 0 Å². The normalized spacial score (nSPS) is 13.2. The summed E-state index contributed by atoms with van der Waals surface area (Å²) in [5.74, 6) is 0. The number of hydrogen-bond donors (Lipinski definition) is 0. The lowest BCUT2D eigenvalue weighted by Gasteiger charge is -2.22. The molecule has 46 heavy (non-hydrogen) atoms. The molecule has 0 fully saturated rings. The molecule has 6 aromatic carbocycles. The first-order valence-corrected chi connectivity index (χ1v) is 16.0. The SMILES string of the molecule is CC1(C)c2cc(-c3ccc(-c4ccccn4)cc3)ccc2-c2ccc(-c3ccc(-n4c5ccccc5c5ccccc54)cc3)cc21. The fraction of sp³-hybridized carbons (Fsp3) is 0.0682. The first-order chi connectivity index (χ1) is 22.6. The van der Waals surface area contributed by atoms with E-state index in [1.54, 1.807) is 0 Å². The maximum atomic E-state index is 4.51. The second kappa shape index (κ2) is 10.2. The van der Waals surface area contributed by atoms with Crippen molar-refractivity contribution in [3.8, 4) is 50.3 Å². The van der Waals surface area contributed by atoms with Crippen LogP contribution in [0, 0.1) is 0 Å². The summed E-state index contributed by atoms with van der Waals surface area (Å²) in [5.41, 5.74) is 16.0. The minimum absolute atomic E-state index is 0.104. The highest BCUT2D eigenvalue weighted by atomic mass is 15.0. The van der Waals surface area contributed by atoms with Crippen LogP contribution in [0.4, 0.5) is 0 Å². The Kier molecular flexibility index (Phi) is 5.88. The van der Waals surface area contributed by atoms with Gasteiger partial charge in [0.2, 0.25) is 0 Å². The zero-order chi connectivity index (χ0) is 30.8. The summed E-state index contributed by atoms with van der Waals surface area (Å²) in [6.07, 6.45) is 1.84. The number of benzene rings is 6. The van der Waals surface area contributed by atoms with Gasteiger partial charge in [0, 0.05) is 33.6 Å². The molecule has 0 aliphatic heterocycles. The van der Waals surface area contributed by atoms with Gasteiger partial charge in [-0.05, 0) is 93.0 Å². The molecule has 9 rings (SSSR count). The quantitative estimate of drug-likeness (QED) is 0.200. The zero-order valence-corrected chi connectivity index (χ0v) is 25.9. The second-order valence-corrected chi connectivity index (χ2v) is 12.9. The Hall–Kier alpha value is -5.73. The molecule has 0 saturated carbocycles. The van der Waals surface area contributed by atoms with Gasteiger partial charge in [-0.15, -0.1) is 0 Å². The second-order valence-electron chi connectivity index (χ2n) is 12.9. The summed E-state index contributed by atoms with van der Waals surface area (Å²) in [6, 6.07) is 55.2. The third kappa shape index (κ3) is 4.07. The van der Waals surface area contributed by atoms with Gasteiger partial charge in [-0.1, -0.05) is 117 Å². The molecule has 0 amide bonds. The molecule has 0 spiro atoms. The largest absolute Gasteiger partial charge is 0.309 e. The Balaban J connectivity index is 1.05. The minimum Gasteiger partial charge on any atom is -0.309 e. The van der Waals surface area contributed by atoms with Crippen LogP contribution in [0.2, 0.25) is 0 Å². The number of hydrogen-bond acceptors (Lipinski definition) is 1. The first kappa shape index (κ1) is 26.7. The number of pyridine rings is 1. The van der Waals surface area contributed by atoms with E-state index in [9.17, 15) is 0 Å². The van der Waals surface area contributed by atoms with Crippen LogP contribution in [0.15, 0.2) is 158 Å². The van der Waals surface area contributed by atoms with Crippen molar-refractivity contribution in [1.29, 1.82) is 0 Å². The minimum atomic E-state index is -0.104. The van der Waals surface area contributed by atoms with E-state index in [0.717, 1.165) is 11.3 Å². The van der Waals surface area contributed by atoms with Crippen LogP contribution in [-0.2, 0) is 5.41 Å². The van der Waals surface area contributed by atoms with Crippen molar-refractivity contribution in [2.75, 3.05) is 0 Å². The fourth-order valence-corrected chi connectivity index (χ4v) is 7.47. The van der Waals surface area contributed by atoms with Crippen molar-refractivity contribution >= 4 is 21.8 Å². The zero-order valence-electron chi connectivity index (χ0n) is 25.9. The lowest BCUT2D eigenvalue weighted by atomic mass is 9.81. The fourth-order valence-electron chi connectivity index (χ4n) is 7.47. The lowest BCUT2D eigenvalue weighted by Crippen LogP contribution is -2.15. The van der Waals surface area contributed by atoms with Gasteiger partial charge < -0.3 is 4.57 Å². The summed E-state index contributed by atoms with van der Waals surface area (Å²) in [7, 11) is 0. The topological polar surface area (TPSA) is 17.8 Å². The molecule has 0 radical (unpaired) electrons.